The molecule has 0 radical (unpaired) electrons. The zero-order valence-electron chi connectivity index (χ0n) is 14.7. The first-order chi connectivity index (χ1) is 12.6. The normalized spacial score (nSPS) is 33.4. The zero-order valence-corrected chi connectivity index (χ0v) is 14.7. The van der Waals surface area contributed by atoms with Crippen LogP contribution in [0.25, 0.3) is 0 Å². The van der Waals surface area contributed by atoms with E-state index in [1.165, 1.54) is 31.2 Å². The quantitative estimate of drug-likeness (QED) is 0.789. The Labute approximate surface area is 152 Å². The molecule has 6 nitrogen and oxygen atoms in total. The highest BCUT2D eigenvalue weighted by molar-refractivity contribution is 6.05. The lowest BCUT2D eigenvalue weighted by Crippen LogP contribution is -2.52. The number of hydrogen-bond acceptors (Lipinski definition) is 4. The van der Waals surface area contributed by atoms with Gasteiger partial charge in [0.05, 0.1) is 0 Å². The van der Waals surface area contributed by atoms with E-state index in [-0.39, 0.29) is 17.7 Å². The van der Waals surface area contributed by atoms with E-state index >= 15 is 0 Å². The average molecular weight is 353 g/mol. The van der Waals surface area contributed by atoms with Gasteiger partial charge in [0, 0.05) is 30.6 Å². The molecule has 4 atom stereocenters. The molecule has 1 aromatic rings. The number of carbonyl (C=O) groups is 3. The van der Waals surface area contributed by atoms with E-state index in [1.54, 1.807) is 4.90 Å². The third kappa shape index (κ3) is 2.55. The number of imide groups is 1. The third-order valence-electron chi connectivity index (χ3n) is 6.49. The molecule has 4 heterocycles. The van der Waals surface area contributed by atoms with Gasteiger partial charge in [-0.15, -0.1) is 0 Å². The van der Waals surface area contributed by atoms with E-state index in [1.807, 2.05) is 6.07 Å². The Bertz CT molecular complexity index is 793. The number of benzene rings is 1. The highest BCUT2D eigenvalue weighted by Crippen LogP contribution is 2.39. The maximum absolute atomic E-state index is 12.8. The monoisotopic (exact) mass is 353 g/mol. The van der Waals surface area contributed by atoms with Crippen molar-refractivity contribution >= 4 is 17.7 Å². The summed E-state index contributed by atoms with van der Waals surface area (Å²) >= 11 is 0. The minimum atomic E-state index is -0.536. The van der Waals surface area contributed by atoms with Crippen LogP contribution < -0.4 is 10.6 Å². The molecule has 4 aliphatic rings. The summed E-state index contributed by atoms with van der Waals surface area (Å²) in [5.74, 6) is -0.138. The van der Waals surface area contributed by atoms with Crippen LogP contribution in [0.5, 0.6) is 0 Å². The zero-order chi connectivity index (χ0) is 17.8. The van der Waals surface area contributed by atoms with E-state index in [0.717, 1.165) is 5.56 Å². The second-order valence-electron chi connectivity index (χ2n) is 8.12. The van der Waals surface area contributed by atoms with Crippen molar-refractivity contribution in [2.24, 2.45) is 0 Å². The molecule has 2 unspecified atom stereocenters. The van der Waals surface area contributed by atoms with E-state index < -0.39 is 6.04 Å². The van der Waals surface area contributed by atoms with Crippen molar-refractivity contribution in [3.8, 4) is 0 Å². The maximum atomic E-state index is 12.8. The molecule has 0 spiro atoms. The molecule has 0 saturated carbocycles. The molecule has 4 aliphatic heterocycles. The lowest BCUT2D eigenvalue weighted by molar-refractivity contribution is -0.136. The van der Waals surface area contributed by atoms with Crippen LogP contribution in [0.1, 0.15) is 65.9 Å². The van der Waals surface area contributed by atoms with Crippen LogP contribution in [0, 0.1) is 0 Å². The molecule has 0 aliphatic carbocycles. The molecule has 3 amide bonds. The third-order valence-corrected chi connectivity index (χ3v) is 6.49. The van der Waals surface area contributed by atoms with Gasteiger partial charge in [0.25, 0.3) is 5.91 Å². The minimum Gasteiger partial charge on any atom is -0.322 e. The van der Waals surface area contributed by atoms with E-state index in [2.05, 4.69) is 22.8 Å². The highest BCUT2D eigenvalue weighted by atomic mass is 16.2. The van der Waals surface area contributed by atoms with Crippen molar-refractivity contribution in [1.29, 1.82) is 0 Å². The second kappa shape index (κ2) is 5.91. The van der Waals surface area contributed by atoms with Gasteiger partial charge in [-0.05, 0) is 55.2 Å². The van der Waals surface area contributed by atoms with Crippen molar-refractivity contribution in [2.45, 2.75) is 69.1 Å². The predicted octanol–water partition coefficient (Wildman–Crippen LogP) is 1.45. The van der Waals surface area contributed by atoms with Crippen LogP contribution in [0.2, 0.25) is 0 Å². The minimum absolute atomic E-state index is 0.0913. The molecule has 136 valence electrons. The fourth-order valence-electron chi connectivity index (χ4n) is 5.18. The Morgan fingerprint density at radius 2 is 1.77 bits per heavy atom. The number of carbonyl (C=O) groups excluding carboxylic acids is 3. The Balaban J connectivity index is 1.37. The van der Waals surface area contributed by atoms with Gasteiger partial charge in [0.1, 0.15) is 6.04 Å². The van der Waals surface area contributed by atoms with E-state index in [4.69, 9.17) is 0 Å². The van der Waals surface area contributed by atoms with Gasteiger partial charge in [0.2, 0.25) is 11.8 Å². The molecule has 26 heavy (non-hydrogen) atoms. The van der Waals surface area contributed by atoms with Crippen molar-refractivity contribution < 1.29 is 14.4 Å². The van der Waals surface area contributed by atoms with Crippen LogP contribution in [0.15, 0.2) is 18.2 Å². The van der Waals surface area contributed by atoms with Crippen molar-refractivity contribution in [1.82, 2.24) is 15.5 Å². The van der Waals surface area contributed by atoms with Gasteiger partial charge < -0.3 is 10.2 Å². The van der Waals surface area contributed by atoms with Crippen LogP contribution in [0.3, 0.4) is 0 Å². The van der Waals surface area contributed by atoms with Crippen molar-refractivity contribution in [3.05, 3.63) is 34.9 Å². The molecule has 2 N–H and O–H groups in total. The predicted molar refractivity (Wildman–Crippen MR) is 94.4 cm³/mol. The number of nitrogens with zero attached hydrogens (tertiary/aromatic N) is 1. The van der Waals surface area contributed by atoms with E-state index in [0.29, 0.717) is 43.0 Å². The molecule has 6 heteroatoms. The molecule has 5 rings (SSSR count). The van der Waals surface area contributed by atoms with Crippen LogP contribution in [-0.2, 0) is 16.1 Å². The fourth-order valence-corrected chi connectivity index (χ4v) is 5.18. The number of amides is 3. The SMILES string of the molecule is O=C1CCC(N2Cc3cc(C4C[C@H]5CC[C@@H](C4)N5)ccc3C2=O)C(=O)N1. The summed E-state index contributed by atoms with van der Waals surface area (Å²) in [7, 11) is 0. The fraction of sp³-hybridized carbons (Fsp3) is 0.550. The lowest BCUT2D eigenvalue weighted by Gasteiger charge is -2.29. The van der Waals surface area contributed by atoms with Gasteiger partial charge in [0.15, 0.2) is 0 Å². The van der Waals surface area contributed by atoms with Crippen LogP contribution >= 0.6 is 0 Å². The summed E-state index contributed by atoms with van der Waals surface area (Å²) in [6.07, 6.45) is 5.58. The van der Waals surface area contributed by atoms with Crippen molar-refractivity contribution in [3.63, 3.8) is 0 Å². The Hall–Kier alpha value is -2.21. The summed E-state index contributed by atoms with van der Waals surface area (Å²) in [6, 6.07) is 6.94. The van der Waals surface area contributed by atoms with Gasteiger partial charge in [-0.25, -0.2) is 0 Å². The molecular formula is C20H23N3O3. The number of piperidine rings is 2. The van der Waals surface area contributed by atoms with Gasteiger partial charge in [-0.2, -0.15) is 0 Å². The summed E-state index contributed by atoms with van der Waals surface area (Å²) < 4.78 is 0. The van der Waals surface area contributed by atoms with E-state index in [9.17, 15) is 14.4 Å². The first kappa shape index (κ1) is 16.0. The molecule has 3 fully saturated rings. The first-order valence-electron chi connectivity index (χ1n) is 9.62. The largest absolute Gasteiger partial charge is 0.322 e. The number of fused-ring (bicyclic) bond motifs is 3. The number of rotatable bonds is 2. The summed E-state index contributed by atoms with van der Waals surface area (Å²) in [5, 5.41) is 6.03. The lowest BCUT2D eigenvalue weighted by atomic mass is 9.85. The van der Waals surface area contributed by atoms with Gasteiger partial charge >= 0.3 is 0 Å². The standard InChI is InChI=1S/C20H23N3O3/c24-18-6-5-17(19(25)22-18)23-10-13-7-11(1-4-16(13)20(23)26)12-8-14-2-3-15(9-12)21-14/h1,4,7,12,14-15,17,21H,2-3,5-6,8-10H2,(H,22,24,25)/t12?,14-,15+,17?. The molecular weight excluding hydrogens is 330 g/mol. The van der Waals surface area contributed by atoms with Crippen molar-refractivity contribution in [2.75, 3.05) is 0 Å². The van der Waals surface area contributed by atoms with Gasteiger partial charge in [-0.3, -0.25) is 19.7 Å². The molecule has 1 aromatic carbocycles. The molecule has 3 saturated heterocycles. The summed E-state index contributed by atoms with van der Waals surface area (Å²) in [6.45, 7) is 0.464. The van der Waals surface area contributed by atoms with Crippen LogP contribution in [0.4, 0.5) is 0 Å². The topological polar surface area (TPSA) is 78.5 Å². The van der Waals surface area contributed by atoms with Crippen LogP contribution in [-0.4, -0.2) is 40.7 Å². The van der Waals surface area contributed by atoms with Gasteiger partial charge in [-0.1, -0.05) is 12.1 Å². The smallest absolute Gasteiger partial charge is 0.255 e. The number of hydrogen-bond donors (Lipinski definition) is 2. The first-order valence-corrected chi connectivity index (χ1v) is 9.62. The molecule has 2 bridgehead atoms. The average Bonchev–Trinajstić information content (AvgIpc) is 3.13. The highest BCUT2D eigenvalue weighted by Gasteiger charge is 2.40. The molecule has 0 aromatic heterocycles. The maximum Gasteiger partial charge on any atom is 0.255 e. The Morgan fingerprint density at radius 3 is 2.50 bits per heavy atom. The Morgan fingerprint density at radius 1 is 1.00 bits per heavy atom. The number of nitrogens with one attached hydrogen (secondary N) is 2. The summed E-state index contributed by atoms with van der Waals surface area (Å²) in [4.78, 5) is 37.9. The Kier molecular flexibility index (Phi) is 3.64. The second-order valence-corrected chi connectivity index (χ2v) is 8.12. The summed E-state index contributed by atoms with van der Waals surface area (Å²) in [5.41, 5.74) is 3.04.